The van der Waals surface area contributed by atoms with Crippen molar-refractivity contribution in [3.63, 3.8) is 0 Å². The molecule has 0 aliphatic heterocycles. The van der Waals surface area contributed by atoms with Gasteiger partial charge in [-0.3, -0.25) is 0 Å². The first-order valence-electron chi connectivity index (χ1n) is 6.41. The Bertz CT molecular complexity index is 430. The molecule has 0 heteroatoms. The summed E-state index contributed by atoms with van der Waals surface area (Å²) in [4.78, 5) is 0. The first-order chi connectivity index (χ1) is 7.65. The fraction of sp³-hybridized carbons (Fsp3) is 0.500. The summed E-state index contributed by atoms with van der Waals surface area (Å²) in [7, 11) is 0. The molecule has 84 valence electrons. The third-order valence-electron chi connectivity index (χ3n) is 4.39. The molecule has 3 unspecified atom stereocenters. The fourth-order valence-corrected chi connectivity index (χ4v) is 3.89. The minimum absolute atomic E-state index is 0.801. The van der Waals surface area contributed by atoms with E-state index in [2.05, 4.69) is 45.1 Å². The van der Waals surface area contributed by atoms with Gasteiger partial charge < -0.3 is 0 Å². The van der Waals surface area contributed by atoms with Gasteiger partial charge in [-0.15, -0.1) is 0 Å². The maximum absolute atomic E-state index is 2.46. The smallest absolute Gasteiger partial charge is 0.00879 e. The average molecular weight is 212 g/mol. The van der Waals surface area contributed by atoms with E-state index in [1.54, 1.807) is 5.56 Å². The number of rotatable bonds is 1. The molecular weight excluding hydrogens is 192 g/mol. The molecule has 0 heterocycles. The van der Waals surface area contributed by atoms with Crippen molar-refractivity contribution < 1.29 is 0 Å². The Labute approximate surface area is 98.4 Å². The van der Waals surface area contributed by atoms with E-state index in [9.17, 15) is 0 Å². The van der Waals surface area contributed by atoms with E-state index in [0.29, 0.717) is 0 Å². The Morgan fingerprint density at radius 3 is 2.12 bits per heavy atom. The van der Waals surface area contributed by atoms with Gasteiger partial charge in [-0.1, -0.05) is 29.8 Å². The van der Waals surface area contributed by atoms with Crippen molar-refractivity contribution in [2.75, 3.05) is 0 Å². The lowest BCUT2D eigenvalue weighted by atomic mass is 9.81. The molecule has 0 aromatic heterocycles. The predicted molar refractivity (Wildman–Crippen MR) is 68.7 cm³/mol. The van der Waals surface area contributed by atoms with Crippen LogP contribution in [-0.2, 0) is 0 Å². The van der Waals surface area contributed by atoms with Gasteiger partial charge in [0.25, 0.3) is 0 Å². The zero-order chi connectivity index (χ0) is 11.3. The second kappa shape index (κ2) is 3.48. The molecule has 0 saturated heterocycles. The third kappa shape index (κ3) is 1.43. The Morgan fingerprint density at radius 2 is 1.62 bits per heavy atom. The Hall–Kier alpha value is -1.04. The van der Waals surface area contributed by atoms with Crippen LogP contribution in [0.4, 0.5) is 0 Å². The Balaban J connectivity index is 2.04. The van der Waals surface area contributed by atoms with Crippen molar-refractivity contribution in [2.24, 2.45) is 11.8 Å². The van der Waals surface area contributed by atoms with Gasteiger partial charge in [0.1, 0.15) is 0 Å². The van der Waals surface area contributed by atoms with Crippen LogP contribution in [0.3, 0.4) is 0 Å². The maximum Gasteiger partial charge on any atom is -0.00879 e. The summed E-state index contributed by atoms with van der Waals surface area (Å²) in [5, 5.41) is 0. The predicted octanol–water partition coefficient (Wildman–Crippen LogP) is 4.29. The van der Waals surface area contributed by atoms with Crippen LogP contribution in [0.1, 0.15) is 41.0 Å². The summed E-state index contributed by atoms with van der Waals surface area (Å²) in [6, 6.07) is 4.69. The number of allylic oxidation sites excluding steroid dienone is 2. The van der Waals surface area contributed by atoms with E-state index in [1.165, 1.54) is 29.5 Å². The van der Waals surface area contributed by atoms with Crippen LogP contribution >= 0.6 is 0 Å². The van der Waals surface area contributed by atoms with E-state index in [-0.39, 0.29) is 0 Å². The summed E-state index contributed by atoms with van der Waals surface area (Å²) in [5.74, 6) is 2.50. The minimum atomic E-state index is 0.801. The molecule has 1 saturated carbocycles. The molecule has 2 aliphatic rings. The quantitative estimate of drug-likeness (QED) is 0.609. The molecule has 1 aromatic rings. The highest BCUT2D eigenvalue weighted by molar-refractivity contribution is 5.42. The molecule has 2 aliphatic carbocycles. The molecule has 0 N–H and O–H groups in total. The molecule has 3 atom stereocenters. The largest absolute Gasteiger partial charge is 0.0851 e. The molecule has 0 spiro atoms. The van der Waals surface area contributed by atoms with Gasteiger partial charge in [-0.2, -0.15) is 0 Å². The lowest BCUT2D eigenvalue weighted by molar-refractivity contribution is 0.579. The number of aryl methyl sites for hydroxylation is 3. The van der Waals surface area contributed by atoms with Crippen molar-refractivity contribution in [1.29, 1.82) is 0 Å². The van der Waals surface area contributed by atoms with Crippen LogP contribution < -0.4 is 0 Å². The zero-order valence-electron chi connectivity index (χ0n) is 10.5. The first kappa shape index (κ1) is 10.1. The number of hydrogen-bond donors (Lipinski definition) is 0. The van der Waals surface area contributed by atoms with E-state index < -0.39 is 0 Å². The molecular formula is C16H20. The van der Waals surface area contributed by atoms with E-state index in [1.807, 2.05) is 0 Å². The standard InChI is InChI=1S/C16H20/c1-10-6-11(2)16(12(3)7-10)15-9-13-4-5-14(15)8-13/h4-7,13-15H,8-9H2,1-3H3. The van der Waals surface area contributed by atoms with Gasteiger partial charge in [0.15, 0.2) is 0 Å². The molecule has 0 radical (unpaired) electrons. The van der Waals surface area contributed by atoms with Crippen LogP contribution in [0.2, 0.25) is 0 Å². The second-order valence-electron chi connectivity index (χ2n) is 5.70. The van der Waals surface area contributed by atoms with Crippen LogP contribution in [0, 0.1) is 32.6 Å². The number of hydrogen-bond acceptors (Lipinski definition) is 0. The summed E-state index contributed by atoms with van der Waals surface area (Å²) < 4.78 is 0. The normalized spacial score (nSPS) is 31.3. The van der Waals surface area contributed by atoms with Gasteiger partial charge in [-0.05, 0) is 68.1 Å². The molecule has 3 rings (SSSR count). The van der Waals surface area contributed by atoms with Gasteiger partial charge in [0, 0.05) is 0 Å². The van der Waals surface area contributed by atoms with Crippen LogP contribution in [-0.4, -0.2) is 0 Å². The average Bonchev–Trinajstić information content (AvgIpc) is 2.77. The molecule has 2 bridgehead atoms. The summed E-state index contributed by atoms with van der Waals surface area (Å²) in [6.07, 6.45) is 7.67. The van der Waals surface area contributed by atoms with Crippen LogP contribution in [0.25, 0.3) is 0 Å². The lowest BCUT2D eigenvalue weighted by Crippen LogP contribution is -2.09. The van der Waals surface area contributed by atoms with Gasteiger partial charge in [0.05, 0.1) is 0 Å². The molecule has 0 nitrogen and oxygen atoms in total. The summed E-state index contributed by atoms with van der Waals surface area (Å²) >= 11 is 0. The van der Waals surface area contributed by atoms with E-state index in [4.69, 9.17) is 0 Å². The lowest BCUT2D eigenvalue weighted by Gasteiger charge is -2.23. The zero-order valence-corrected chi connectivity index (χ0v) is 10.5. The van der Waals surface area contributed by atoms with Crippen LogP contribution in [0.5, 0.6) is 0 Å². The van der Waals surface area contributed by atoms with Crippen LogP contribution in [0.15, 0.2) is 24.3 Å². The van der Waals surface area contributed by atoms with Gasteiger partial charge >= 0.3 is 0 Å². The van der Waals surface area contributed by atoms with Crippen molar-refractivity contribution in [1.82, 2.24) is 0 Å². The molecule has 16 heavy (non-hydrogen) atoms. The maximum atomic E-state index is 2.46. The molecule has 1 fully saturated rings. The van der Waals surface area contributed by atoms with Gasteiger partial charge in [-0.25, -0.2) is 0 Å². The van der Waals surface area contributed by atoms with Crippen molar-refractivity contribution in [2.45, 2.75) is 39.5 Å². The summed E-state index contributed by atoms with van der Waals surface area (Å²) in [6.45, 7) is 6.76. The topological polar surface area (TPSA) is 0 Å². The monoisotopic (exact) mass is 212 g/mol. The van der Waals surface area contributed by atoms with Crippen molar-refractivity contribution >= 4 is 0 Å². The molecule has 1 aromatic carbocycles. The highest BCUT2D eigenvalue weighted by Gasteiger charge is 2.37. The first-order valence-corrected chi connectivity index (χ1v) is 6.41. The van der Waals surface area contributed by atoms with E-state index in [0.717, 1.165) is 17.8 Å². The highest BCUT2D eigenvalue weighted by atomic mass is 14.4. The highest BCUT2D eigenvalue weighted by Crippen LogP contribution is 2.50. The van der Waals surface area contributed by atoms with E-state index >= 15 is 0 Å². The van der Waals surface area contributed by atoms with Gasteiger partial charge in [0.2, 0.25) is 0 Å². The van der Waals surface area contributed by atoms with Crippen molar-refractivity contribution in [3.05, 3.63) is 46.5 Å². The fourth-order valence-electron chi connectivity index (χ4n) is 3.89. The summed E-state index contributed by atoms with van der Waals surface area (Å²) in [5.41, 5.74) is 6.05. The Morgan fingerprint density at radius 1 is 0.938 bits per heavy atom. The second-order valence-corrected chi connectivity index (χ2v) is 5.70. The number of benzene rings is 1. The molecule has 0 amide bonds. The third-order valence-corrected chi connectivity index (χ3v) is 4.39. The van der Waals surface area contributed by atoms with Crippen molar-refractivity contribution in [3.8, 4) is 0 Å². The minimum Gasteiger partial charge on any atom is -0.0851 e. The Kier molecular flexibility index (Phi) is 2.20. The number of fused-ring (bicyclic) bond motifs is 2. The SMILES string of the molecule is Cc1cc(C)c(C2CC3C=CC2C3)c(C)c1.